The van der Waals surface area contributed by atoms with Crippen LogP contribution >= 0.6 is 0 Å². The topological polar surface area (TPSA) is 154 Å². The minimum absolute atomic E-state index is 0.0256. The minimum Gasteiger partial charge on any atom is -0.444 e. The van der Waals surface area contributed by atoms with Crippen LogP contribution in [0.3, 0.4) is 0 Å². The Balaban J connectivity index is 1.23. The molecule has 0 aromatic heterocycles. The number of amides is 4. The van der Waals surface area contributed by atoms with Gasteiger partial charge in [-0.25, -0.2) is 17.6 Å². The summed E-state index contributed by atoms with van der Waals surface area (Å²) in [6, 6.07) is 10.5. The molecular weight excluding hydrogens is 690 g/mol. The zero-order valence-electron chi connectivity index (χ0n) is 30.3. The molecule has 2 saturated carbocycles. The van der Waals surface area contributed by atoms with Gasteiger partial charge in [-0.05, 0) is 59.9 Å². The zero-order valence-corrected chi connectivity index (χ0v) is 31.1. The molecule has 12 nitrogen and oxygen atoms in total. The predicted octanol–water partition coefficient (Wildman–Crippen LogP) is 4.35. The van der Waals surface area contributed by atoms with Crippen molar-refractivity contribution in [2.45, 2.75) is 108 Å². The van der Waals surface area contributed by atoms with Crippen LogP contribution in [-0.4, -0.2) is 77.6 Å². The lowest BCUT2D eigenvalue weighted by Crippen LogP contribution is -2.58. The number of carbonyl (C=O) groups excluding carboxylic acids is 4. The standard InChI is InChI=1S/C38H48FN5O7S/c1-7-24-18-38(24,35(47)42-52(49,50)28-15-16-28)41-33(45)31-17-27(51-36(48)43-19-23-9-8-10-30(39)29(23)21-43)20-44(31)34(46)32(22(2)3)40-26-13-11-25(12-14-26)37(4,5)6/h7-14,22,24,27-28,31-32,40H,1,15-21H2,2-6H3,(H,41,45)(H,42,47)/t24-,27?,31+,32+,38-/m1/s1. The van der Waals surface area contributed by atoms with Crippen LogP contribution in [0.25, 0.3) is 0 Å². The van der Waals surface area contributed by atoms with Crippen molar-refractivity contribution in [3.63, 3.8) is 0 Å². The van der Waals surface area contributed by atoms with Gasteiger partial charge in [0.25, 0.3) is 5.91 Å². The van der Waals surface area contributed by atoms with Gasteiger partial charge in [0, 0.05) is 30.1 Å². The number of fused-ring (bicyclic) bond motifs is 1. The maximum atomic E-state index is 14.4. The van der Waals surface area contributed by atoms with E-state index in [-0.39, 0.29) is 43.8 Å². The van der Waals surface area contributed by atoms with Gasteiger partial charge < -0.3 is 20.3 Å². The number of ether oxygens (including phenoxy) is 1. The van der Waals surface area contributed by atoms with Crippen LogP contribution in [0.1, 0.15) is 77.0 Å². The number of benzene rings is 2. The van der Waals surface area contributed by atoms with Gasteiger partial charge in [-0.2, -0.15) is 0 Å². The van der Waals surface area contributed by atoms with E-state index in [1.54, 1.807) is 12.1 Å². The van der Waals surface area contributed by atoms with Gasteiger partial charge in [0.1, 0.15) is 29.5 Å². The Morgan fingerprint density at radius 3 is 2.33 bits per heavy atom. The highest BCUT2D eigenvalue weighted by atomic mass is 32.2. The molecular formula is C38H48FN5O7S. The van der Waals surface area contributed by atoms with E-state index in [0.29, 0.717) is 29.7 Å². The number of sulfonamides is 1. The number of likely N-dealkylation sites (tertiary alicyclic amines) is 1. The molecule has 2 aromatic carbocycles. The van der Waals surface area contributed by atoms with Crippen molar-refractivity contribution >= 4 is 39.5 Å². The normalized spacial score (nSPS) is 24.6. The first-order valence-corrected chi connectivity index (χ1v) is 19.4. The molecule has 2 aliphatic heterocycles. The lowest BCUT2D eigenvalue weighted by atomic mass is 9.87. The summed E-state index contributed by atoms with van der Waals surface area (Å²) in [6.45, 7) is 13.9. The molecule has 1 saturated heterocycles. The average molecular weight is 738 g/mol. The molecule has 1 unspecified atom stereocenters. The summed E-state index contributed by atoms with van der Waals surface area (Å²) >= 11 is 0. The molecule has 5 atom stereocenters. The third kappa shape index (κ3) is 7.53. The summed E-state index contributed by atoms with van der Waals surface area (Å²) in [6.07, 6.45) is 0.871. The number of rotatable bonds is 11. The van der Waals surface area contributed by atoms with E-state index in [1.165, 1.54) is 21.9 Å². The summed E-state index contributed by atoms with van der Waals surface area (Å²) in [5, 5.41) is 5.45. The van der Waals surface area contributed by atoms with Crippen LogP contribution in [-0.2, 0) is 47.6 Å². The first kappa shape index (κ1) is 37.3. The lowest BCUT2D eigenvalue weighted by molar-refractivity contribution is -0.140. The number of anilines is 1. The summed E-state index contributed by atoms with van der Waals surface area (Å²) in [7, 11) is -3.90. The fourth-order valence-corrected chi connectivity index (χ4v) is 8.42. The second-order valence-electron chi connectivity index (χ2n) is 15.9. The molecule has 0 spiro atoms. The number of hydrogen-bond acceptors (Lipinski definition) is 8. The SMILES string of the molecule is C=C[C@@H]1C[C@]1(NC(=O)[C@@H]1CC(OC(=O)N2Cc3cccc(F)c3C2)CN1C(=O)[C@@H](Nc1ccc(C(C)(C)C)cc1)C(C)C)C(=O)NS(=O)(=O)C1CC1. The maximum Gasteiger partial charge on any atom is 0.410 e. The van der Waals surface area contributed by atoms with E-state index in [4.69, 9.17) is 4.74 Å². The molecule has 2 heterocycles. The summed E-state index contributed by atoms with van der Waals surface area (Å²) in [5.74, 6) is -3.10. The molecule has 0 radical (unpaired) electrons. The maximum absolute atomic E-state index is 14.4. The van der Waals surface area contributed by atoms with Crippen LogP contribution in [0.4, 0.5) is 14.9 Å². The van der Waals surface area contributed by atoms with E-state index < -0.39 is 74.5 Å². The van der Waals surface area contributed by atoms with Gasteiger partial charge in [0.05, 0.1) is 18.3 Å². The third-order valence-electron chi connectivity index (χ3n) is 10.6. The highest BCUT2D eigenvalue weighted by Gasteiger charge is 2.62. The van der Waals surface area contributed by atoms with Gasteiger partial charge in [-0.3, -0.25) is 24.0 Å². The summed E-state index contributed by atoms with van der Waals surface area (Å²) in [5.41, 5.74) is 1.30. The van der Waals surface area contributed by atoms with Crippen molar-refractivity contribution in [3.8, 4) is 0 Å². The fraction of sp³-hybridized carbons (Fsp3) is 0.526. The number of nitrogens with one attached hydrogen (secondary N) is 3. The largest absolute Gasteiger partial charge is 0.444 e. The van der Waals surface area contributed by atoms with Crippen molar-refractivity contribution in [1.29, 1.82) is 0 Å². The Kier molecular flexibility index (Phi) is 9.92. The molecule has 0 bridgehead atoms. The van der Waals surface area contributed by atoms with Crippen molar-refractivity contribution < 1.29 is 36.7 Å². The Hall–Kier alpha value is -4.46. The van der Waals surface area contributed by atoms with E-state index in [2.05, 4.69) is 42.7 Å². The Labute approximate surface area is 304 Å². The minimum atomic E-state index is -3.90. The predicted molar refractivity (Wildman–Crippen MR) is 193 cm³/mol. The van der Waals surface area contributed by atoms with Gasteiger partial charge in [0.15, 0.2) is 0 Å². The molecule has 3 N–H and O–H groups in total. The monoisotopic (exact) mass is 737 g/mol. The first-order valence-electron chi connectivity index (χ1n) is 17.8. The average Bonchev–Trinajstić information content (AvgIpc) is 3.97. The molecule has 14 heteroatoms. The van der Waals surface area contributed by atoms with E-state index >= 15 is 0 Å². The van der Waals surface area contributed by atoms with E-state index in [0.717, 1.165) is 5.56 Å². The Morgan fingerprint density at radius 2 is 1.75 bits per heavy atom. The van der Waals surface area contributed by atoms with Crippen LogP contribution in [0.5, 0.6) is 0 Å². The van der Waals surface area contributed by atoms with Gasteiger partial charge in [-0.15, -0.1) is 6.58 Å². The molecule has 3 fully saturated rings. The number of hydrogen-bond donors (Lipinski definition) is 3. The van der Waals surface area contributed by atoms with Gasteiger partial charge in [-0.1, -0.05) is 65.0 Å². The molecule has 2 aliphatic carbocycles. The highest BCUT2D eigenvalue weighted by Crippen LogP contribution is 2.45. The summed E-state index contributed by atoms with van der Waals surface area (Å²) < 4.78 is 47.7. The smallest absolute Gasteiger partial charge is 0.410 e. The zero-order chi connectivity index (χ0) is 37.7. The van der Waals surface area contributed by atoms with Gasteiger partial charge in [0.2, 0.25) is 21.8 Å². The molecule has 2 aromatic rings. The van der Waals surface area contributed by atoms with Crippen LogP contribution < -0.4 is 15.4 Å². The lowest BCUT2D eigenvalue weighted by Gasteiger charge is -2.32. The fourth-order valence-electron chi connectivity index (χ4n) is 7.06. The second-order valence-corrected chi connectivity index (χ2v) is 17.8. The van der Waals surface area contributed by atoms with E-state index in [1.807, 2.05) is 38.1 Å². The van der Waals surface area contributed by atoms with Crippen LogP contribution in [0, 0.1) is 17.7 Å². The molecule has 52 heavy (non-hydrogen) atoms. The third-order valence-corrected chi connectivity index (χ3v) is 12.4. The number of halogens is 1. The van der Waals surface area contributed by atoms with Crippen molar-refractivity contribution in [3.05, 3.63) is 77.6 Å². The second kappa shape index (κ2) is 13.8. The number of nitrogens with zero attached hydrogens (tertiary/aromatic N) is 2. The van der Waals surface area contributed by atoms with Gasteiger partial charge >= 0.3 is 6.09 Å². The van der Waals surface area contributed by atoms with Crippen molar-refractivity contribution in [2.24, 2.45) is 11.8 Å². The highest BCUT2D eigenvalue weighted by molar-refractivity contribution is 7.91. The Morgan fingerprint density at radius 1 is 1.06 bits per heavy atom. The van der Waals surface area contributed by atoms with Crippen molar-refractivity contribution in [2.75, 3.05) is 11.9 Å². The van der Waals surface area contributed by atoms with Crippen LogP contribution in [0.2, 0.25) is 0 Å². The molecule has 4 amide bonds. The number of carbonyl (C=O) groups is 4. The Bertz CT molecular complexity index is 1870. The summed E-state index contributed by atoms with van der Waals surface area (Å²) in [4.78, 5) is 58.1. The first-order chi connectivity index (χ1) is 24.4. The molecule has 4 aliphatic rings. The van der Waals surface area contributed by atoms with Crippen LogP contribution in [0.15, 0.2) is 55.1 Å². The quantitative estimate of drug-likeness (QED) is 0.288. The van der Waals surface area contributed by atoms with E-state index in [9.17, 15) is 32.0 Å². The molecule has 6 rings (SSSR count). The molecule has 280 valence electrons. The van der Waals surface area contributed by atoms with Crippen molar-refractivity contribution in [1.82, 2.24) is 19.8 Å².